The van der Waals surface area contributed by atoms with E-state index < -0.39 is 17.3 Å². The van der Waals surface area contributed by atoms with Gasteiger partial charge in [0.2, 0.25) is 5.88 Å². The molecule has 0 spiro atoms. The first-order valence-electron chi connectivity index (χ1n) is 8.81. The fourth-order valence-corrected chi connectivity index (χ4v) is 3.03. The smallest absolute Gasteiger partial charge is 0.345 e. The lowest BCUT2D eigenvalue weighted by Crippen LogP contribution is -2.01. The summed E-state index contributed by atoms with van der Waals surface area (Å²) in [6.45, 7) is 0. The van der Waals surface area contributed by atoms with Crippen LogP contribution in [0.25, 0.3) is 11.6 Å². The zero-order chi connectivity index (χ0) is 21.3. The lowest BCUT2D eigenvalue weighted by Gasteiger charge is -2.11. The van der Waals surface area contributed by atoms with Gasteiger partial charge in [-0.2, -0.15) is 0 Å². The number of nitrogens with zero attached hydrogens (tertiary/aromatic N) is 2. The average molecular weight is 407 g/mol. The lowest BCUT2D eigenvalue weighted by molar-refractivity contribution is 0.0695. The normalized spacial score (nSPS) is 13.3. The van der Waals surface area contributed by atoms with Crippen molar-refractivity contribution in [2.75, 3.05) is 19.5 Å². The molecule has 0 radical (unpaired) electrons. The number of carboxylic acids is 1. The maximum absolute atomic E-state index is 11.8. The monoisotopic (exact) mass is 407 g/mol. The molecular weight excluding hydrogens is 390 g/mol. The number of nitrogens with one attached hydrogen (secondary N) is 1. The highest BCUT2D eigenvalue weighted by molar-refractivity contribution is 6.21. The van der Waals surface area contributed by atoms with E-state index in [0.717, 1.165) is 5.56 Å². The van der Waals surface area contributed by atoms with Crippen molar-refractivity contribution in [3.63, 3.8) is 0 Å². The Morgan fingerprint density at radius 3 is 2.80 bits per heavy atom. The van der Waals surface area contributed by atoms with Crippen LogP contribution >= 0.6 is 0 Å². The van der Waals surface area contributed by atoms with Gasteiger partial charge in [0.1, 0.15) is 11.5 Å². The highest BCUT2D eigenvalue weighted by atomic mass is 16.5. The highest BCUT2D eigenvalue weighted by Gasteiger charge is 2.26. The van der Waals surface area contributed by atoms with Crippen LogP contribution in [0.1, 0.15) is 21.7 Å². The van der Waals surface area contributed by atoms with Crippen LogP contribution in [0.4, 0.5) is 17.4 Å². The summed E-state index contributed by atoms with van der Waals surface area (Å²) in [7, 11) is 2.99. The van der Waals surface area contributed by atoms with E-state index in [9.17, 15) is 15.0 Å². The number of rotatable bonds is 6. The number of aromatic carboxylic acids is 1. The molecule has 0 saturated carbocycles. The van der Waals surface area contributed by atoms with Gasteiger partial charge in [-0.15, -0.1) is 0 Å². The number of ether oxygens (including phenoxy) is 2. The first kappa shape index (κ1) is 19.1. The van der Waals surface area contributed by atoms with E-state index in [1.165, 1.54) is 20.3 Å². The van der Waals surface area contributed by atoms with Crippen LogP contribution in [0.5, 0.6) is 17.2 Å². The largest absolute Gasteiger partial charge is 0.504 e. The van der Waals surface area contributed by atoms with Crippen molar-refractivity contribution in [1.82, 2.24) is 4.98 Å². The molecule has 0 saturated heterocycles. The summed E-state index contributed by atoms with van der Waals surface area (Å²) in [6.07, 6.45) is 4.70. The number of aliphatic imine (C=N–C) groups is 1. The number of aromatic nitrogens is 1. The molecule has 4 rings (SSSR count). The first-order chi connectivity index (χ1) is 14.5. The van der Waals surface area contributed by atoms with Gasteiger partial charge in [0.25, 0.3) is 0 Å². The molecule has 0 fully saturated rings. The fourth-order valence-electron chi connectivity index (χ4n) is 3.03. The number of furan rings is 1. The van der Waals surface area contributed by atoms with Crippen molar-refractivity contribution in [1.29, 1.82) is 0 Å². The minimum Gasteiger partial charge on any atom is -0.504 e. The number of anilines is 2. The molecule has 0 bridgehead atoms. The van der Waals surface area contributed by atoms with Gasteiger partial charge in [-0.25, -0.2) is 14.8 Å². The Morgan fingerprint density at radius 1 is 1.23 bits per heavy atom. The Kier molecular flexibility index (Phi) is 4.85. The van der Waals surface area contributed by atoms with Crippen LogP contribution < -0.4 is 14.8 Å². The van der Waals surface area contributed by atoms with Gasteiger partial charge >= 0.3 is 5.97 Å². The topological polar surface area (TPSA) is 126 Å². The number of benzene rings is 1. The number of aromatic hydroxyl groups is 1. The van der Waals surface area contributed by atoms with Crippen molar-refractivity contribution >= 4 is 41.2 Å². The van der Waals surface area contributed by atoms with Gasteiger partial charge in [-0.3, -0.25) is 0 Å². The lowest BCUT2D eigenvalue weighted by atomic mass is 10.1. The molecule has 0 unspecified atom stereocenters. The van der Waals surface area contributed by atoms with Crippen LogP contribution in [0.3, 0.4) is 0 Å². The number of carboxylic acid groups (broad SMARTS) is 1. The number of hydrogen-bond donors (Lipinski definition) is 3. The van der Waals surface area contributed by atoms with E-state index in [1.807, 2.05) is 6.07 Å². The number of methoxy groups -OCH3 is 2. The maximum Gasteiger partial charge on any atom is 0.345 e. The summed E-state index contributed by atoms with van der Waals surface area (Å²) in [5.74, 6) is -0.513. The maximum atomic E-state index is 11.8. The zero-order valence-electron chi connectivity index (χ0n) is 16.0. The SMILES string of the molecule is COc1ccc(Nc2oc(C=C3C=Nc4ncccc43)c(O)c2C(=O)O)c(OC)c1. The standard InChI is InChI=1S/C21H17N3O6/c1-28-12-5-6-14(15(9-12)29-2)24-20-17(21(26)27)18(25)16(30-20)8-11-10-23-19-13(11)4-3-7-22-19/h3-10,24-25H,1-2H3,(H,26,27). The third-order valence-electron chi connectivity index (χ3n) is 4.49. The molecule has 30 heavy (non-hydrogen) atoms. The molecule has 3 heterocycles. The molecule has 0 amide bonds. The highest BCUT2D eigenvalue weighted by Crippen LogP contribution is 2.40. The Morgan fingerprint density at radius 2 is 2.07 bits per heavy atom. The molecule has 3 N–H and O–H groups in total. The summed E-state index contributed by atoms with van der Waals surface area (Å²) in [6, 6.07) is 8.53. The quantitative estimate of drug-likeness (QED) is 0.558. The van der Waals surface area contributed by atoms with Gasteiger partial charge < -0.3 is 29.4 Å². The minimum atomic E-state index is -1.35. The second-order valence-corrected chi connectivity index (χ2v) is 6.25. The Balaban J connectivity index is 1.75. The Labute approximate surface area is 170 Å². The van der Waals surface area contributed by atoms with Gasteiger partial charge in [-0.1, -0.05) is 0 Å². The number of pyridine rings is 1. The molecule has 1 aliphatic rings. The minimum absolute atomic E-state index is 0.0273. The van der Waals surface area contributed by atoms with Crippen LogP contribution in [0.2, 0.25) is 0 Å². The summed E-state index contributed by atoms with van der Waals surface area (Å²) >= 11 is 0. The van der Waals surface area contributed by atoms with Crippen molar-refractivity contribution in [3.05, 3.63) is 53.4 Å². The Bertz CT molecular complexity index is 1200. The van der Waals surface area contributed by atoms with E-state index in [2.05, 4.69) is 15.3 Å². The van der Waals surface area contributed by atoms with E-state index in [1.54, 1.807) is 36.7 Å². The molecular formula is C21H17N3O6. The molecule has 0 atom stereocenters. The van der Waals surface area contributed by atoms with Crippen LogP contribution in [-0.4, -0.2) is 41.6 Å². The van der Waals surface area contributed by atoms with E-state index >= 15 is 0 Å². The molecule has 1 aromatic carbocycles. The predicted octanol–water partition coefficient (Wildman–Crippen LogP) is 4.10. The second-order valence-electron chi connectivity index (χ2n) is 6.25. The molecule has 3 aromatic rings. The third-order valence-corrected chi connectivity index (χ3v) is 4.49. The predicted molar refractivity (Wildman–Crippen MR) is 110 cm³/mol. The number of fused-ring (bicyclic) bond motifs is 1. The van der Waals surface area contributed by atoms with Crippen molar-refractivity contribution < 1.29 is 28.9 Å². The van der Waals surface area contributed by atoms with Crippen LogP contribution in [0.15, 0.2) is 45.9 Å². The van der Waals surface area contributed by atoms with Crippen molar-refractivity contribution in [2.24, 2.45) is 4.99 Å². The summed E-state index contributed by atoms with van der Waals surface area (Å²) in [5, 5.41) is 23.0. The molecule has 152 valence electrons. The van der Waals surface area contributed by atoms with Crippen molar-refractivity contribution in [2.45, 2.75) is 0 Å². The van der Waals surface area contributed by atoms with E-state index in [4.69, 9.17) is 13.9 Å². The van der Waals surface area contributed by atoms with Crippen molar-refractivity contribution in [3.8, 4) is 17.2 Å². The first-order valence-corrected chi connectivity index (χ1v) is 8.81. The second kappa shape index (κ2) is 7.63. The fraction of sp³-hybridized carbons (Fsp3) is 0.0952. The van der Waals surface area contributed by atoms with Gasteiger partial charge in [0.15, 0.2) is 22.9 Å². The number of carbonyl (C=O) groups is 1. The van der Waals surface area contributed by atoms with Crippen LogP contribution in [-0.2, 0) is 0 Å². The number of allylic oxidation sites excluding steroid dienone is 1. The van der Waals surface area contributed by atoms with Gasteiger partial charge in [0.05, 0.1) is 19.9 Å². The number of hydrogen-bond acceptors (Lipinski definition) is 8. The summed E-state index contributed by atoms with van der Waals surface area (Å²) in [4.78, 5) is 20.1. The molecule has 9 nitrogen and oxygen atoms in total. The Hall–Kier alpha value is -4.27. The molecule has 9 heteroatoms. The van der Waals surface area contributed by atoms with Gasteiger partial charge in [-0.05, 0) is 30.3 Å². The molecule has 1 aliphatic heterocycles. The zero-order valence-corrected chi connectivity index (χ0v) is 16.0. The third kappa shape index (κ3) is 3.32. The molecule has 0 aliphatic carbocycles. The van der Waals surface area contributed by atoms with E-state index in [0.29, 0.717) is 28.6 Å². The van der Waals surface area contributed by atoms with Crippen LogP contribution in [0, 0.1) is 0 Å². The summed E-state index contributed by atoms with van der Waals surface area (Å²) in [5.41, 5.74) is 1.41. The van der Waals surface area contributed by atoms with Gasteiger partial charge in [0, 0.05) is 29.6 Å². The summed E-state index contributed by atoms with van der Waals surface area (Å²) < 4.78 is 16.1. The molecule has 2 aromatic heterocycles. The average Bonchev–Trinajstić information content (AvgIpc) is 3.29. The van der Waals surface area contributed by atoms with E-state index in [-0.39, 0.29) is 11.6 Å².